The molecular weight excluding hydrogens is 421 g/mol. The number of hydrogen-bond donors (Lipinski definition) is 1. The second-order valence-corrected chi connectivity index (χ2v) is 10.7. The van der Waals surface area contributed by atoms with E-state index in [-0.39, 0.29) is 40.8 Å². The first-order valence-electron chi connectivity index (χ1n) is 8.50. The minimum absolute atomic E-state index is 0.0533. The molecule has 1 aliphatic heterocycles. The van der Waals surface area contributed by atoms with Crippen molar-refractivity contribution < 1.29 is 34.7 Å². The van der Waals surface area contributed by atoms with E-state index in [0.29, 0.717) is 0 Å². The summed E-state index contributed by atoms with van der Waals surface area (Å²) in [6.07, 6.45) is -5.40. The van der Waals surface area contributed by atoms with Gasteiger partial charge in [0.05, 0.1) is 29.2 Å². The van der Waals surface area contributed by atoms with Crippen LogP contribution in [0.5, 0.6) is 0 Å². The van der Waals surface area contributed by atoms with Gasteiger partial charge in [-0.25, -0.2) is 16.8 Å². The van der Waals surface area contributed by atoms with E-state index in [2.05, 4.69) is 5.32 Å². The van der Waals surface area contributed by atoms with Crippen molar-refractivity contribution in [2.45, 2.75) is 48.4 Å². The van der Waals surface area contributed by atoms with Crippen molar-refractivity contribution in [2.75, 3.05) is 31.2 Å². The van der Waals surface area contributed by atoms with E-state index >= 15 is 0 Å². The zero-order valence-electron chi connectivity index (χ0n) is 15.7. The molecule has 1 N–H and O–H groups in total. The van der Waals surface area contributed by atoms with Crippen molar-refractivity contribution in [3.8, 4) is 0 Å². The first kappa shape index (κ1) is 22.9. The van der Waals surface area contributed by atoms with Gasteiger partial charge in [-0.2, -0.15) is 17.5 Å². The summed E-state index contributed by atoms with van der Waals surface area (Å²) in [5.41, 5.74) is -0.0801. The summed E-state index contributed by atoms with van der Waals surface area (Å²) in [5.74, 6) is 0. The molecule has 1 fully saturated rings. The molecule has 0 amide bonds. The summed E-state index contributed by atoms with van der Waals surface area (Å²) in [5, 5.41) is 2.46. The molecule has 0 saturated carbocycles. The molecule has 0 radical (unpaired) electrons. The minimum Gasteiger partial charge on any atom is -0.384 e. The Balaban J connectivity index is 2.45. The van der Waals surface area contributed by atoms with Gasteiger partial charge in [0.1, 0.15) is 4.90 Å². The number of rotatable bonds is 6. The molecule has 0 aliphatic carbocycles. The number of ether oxygens (including phenoxy) is 1. The molecule has 1 heterocycles. The third-order valence-corrected chi connectivity index (χ3v) is 7.09. The van der Waals surface area contributed by atoms with Crippen LogP contribution in [0.2, 0.25) is 0 Å². The maximum atomic E-state index is 13.2. The minimum atomic E-state index is -4.41. The van der Waals surface area contributed by atoms with Gasteiger partial charge in [0.2, 0.25) is 10.0 Å². The molecule has 2 rings (SSSR count). The fourth-order valence-electron chi connectivity index (χ4n) is 2.90. The Bertz CT molecular complexity index is 907. The third kappa shape index (κ3) is 5.82. The highest BCUT2D eigenvalue weighted by Gasteiger charge is 2.34. The number of sulfonamides is 1. The monoisotopic (exact) mass is 444 g/mol. The summed E-state index contributed by atoms with van der Waals surface area (Å²) >= 11 is 0. The summed E-state index contributed by atoms with van der Waals surface area (Å²) in [6, 6.07) is 3.31. The molecule has 0 spiro atoms. The molecule has 1 aliphatic rings. The summed E-state index contributed by atoms with van der Waals surface area (Å²) < 4.78 is 94.0. The van der Waals surface area contributed by atoms with Crippen LogP contribution in [0.1, 0.15) is 20.3 Å². The van der Waals surface area contributed by atoms with E-state index in [1.165, 1.54) is 6.07 Å². The number of nitrogens with one attached hydrogen (secondary N) is 1. The Morgan fingerprint density at radius 2 is 1.71 bits per heavy atom. The molecular formula is C16H23F3N2O5S2. The van der Waals surface area contributed by atoms with E-state index in [9.17, 15) is 30.0 Å². The van der Waals surface area contributed by atoms with E-state index in [1.54, 1.807) is 13.8 Å². The molecule has 12 heteroatoms. The highest BCUT2D eigenvalue weighted by atomic mass is 32.2. The van der Waals surface area contributed by atoms with Gasteiger partial charge in [-0.1, -0.05) is 0 Å². The number of nitrogens with zero attached hydrogens (tertiary/aromatic N) is 1. The standard InChI is InChI=1S/C16H23F3N2O5S2/c1-11-9-21(10-12(2)26-11)28(24,25)15-8-13(27(3,22)23)4-5-14(15)20-7-6-16(17,18)19/h4-5,8,11-12,20H,6-7,9-10H2,1-3H3. The van der Waals surface area contributed by atoms with Crippen LogP contribution in [0.4, 0.5) is 18.9 Å². The highest BCUT2D eigenvalue weighted by molar-refractivity contribution is 7.91. The van der Waals surface area contributed by atoms with Gasteiger partial charge < -0.3 is 10.1 Å². The lowest BCUT2D eigenvalue weighted by Crippen LogP contribution is -2.48. The maximum absolute atomic E-state index is 13.2. The number of benzene rings is 1. The van der Waals surface area contributed by atoms with Crippen molar-refractivity contribution >= 4 is 25.5 Å². The molecule has 1 aromatic rings. The van der Waals surface area contributed by atoms with Crippen LogP contribution in [-0.4, -0.2) is 65.4 Å². The topological polar surface area (TPSA) is 92.8 Å². The molecule has 1 saturated heterocycles. The summed E-state index contributed by atoms with van der Waals surface area (Å²) in [4.78, 5) is -0.610. The summed E-state index contributed by atoms with van der Waals surface area (Å²) in [6.45, 7) is 2.97. The number of halogens is 3. The van der Waals surface area contributed by atoms with Crippen molar-refractivity contribution in [2.24, 2.45) is 0 Å². The molecule has 0 bridgehead atoms. The molecule has 7 nitrogen and oxygen atoms in total. The molecule has 2 atom stereocenters. The van der Waals surface area contributed by atoms with Gasteiger partial charge in [0.25, 0.3) is 0 Å². The third-order valence-electron chi connectivity index (χ3n) is 4.11. The zero-order valence-corrected chi connectivity index (χ0v) is 17.3. The molecule has 0 aromatic heterocycles. The van der Waals surface area contributed by atoms with Gasteiger partial charge in [0, 0.05) is 25.9 Å². The van der Waals surface area contributed by atoms with Crippen LogP contribution in [0.3, 0.4) is 0 Å². The average Bonchev–Trinajstić information content (AvgIpc) is 2.51. The fraction of sp³-hybridized carbons (Fsp3) is 0.625. The highest BCUT2D eigenvalue weighted by Crippen LogP contribution is 2.30. The van der Waals surface area contributed by atoms with Gasteiger partial charge in [-0.15, -0.1) is 0 Å². The number of morpholine rings is 1. The Kier molecular flexibility index (Phi) is 6.68. The van der Waals surface area contributed by atoms with E-state index in [4.69, 9.17) is 4.74 Å². The lowest BCUT2D eigenvalue weighted by atomic mass is 10.3. The Morgan fingerprint density at radius 1 is 1.14 bits per heavy atom. The van der Waals surface area contributed by atoms with Crippen LogP contribution >= 0.6 is 0 Å². The van der Waals surface area contributed by atoms with Crippen molar-refractivity contribution in [3.63, 3.8) is 0 Å². The van der Waals surface area contributed by atoms with E-state index in [1.807, 2.05) is 0 Å². The average molecular weight is 444 g/mol. The fourth-order valence-corrected chi connectivity index (χ4v) is 5.40. The summed E-state index contributed by atoms with van der Waals surface area (Å²) in [7, 11) is -7.88. The van der Waals surface area contributed by atoms with Crippen LogP contribution in [0.15, 0.2) is 28.0 Å². The molecule has 1 aromatic carbocycles. The van der Waals surface area contributed by atoms with Crippen LogP contribution in [0, 0.1) is 0 Å². The van der Waals surface area contributed by atoms with Gasteiger partial charge >= 0.3 is 6.18 Å². The first-order valence-corrected chi connectivity index (χ1v) is 11.8. The van der Waals surface area contributed by atoms with Crippen molar-refractivity contribution in [1.82, 2.24) is 4.31 Å². The number of hydrogen-bond acceptors (Lipinski definition) is 6. The largest absolute Gasteiger partial charge is 0.390 e. The van der Waals surface area contributed by atoms with Crippen LogP contribution in [-0.2, 0) is 24.6 Å². The van der Waals surface area contributed by atoms with Gasteiger partial charge in [-0.3, -0.25) is 0 Å². The molecule has 28 heavy (non-hydrogen) atoms. The Hall–Kier alpha value is -1.37. The van der Waals surface area contributed by atoms with Gasteiger partial charge in [-0.05, 0) is 32.0 Å². The van der Waals surface area contributed by atoms with Crippen LogP contribution < -0.4 is 5.32 Å². The SMILES string of the molecule is CC1CN(S(=O)(=O)c2cc(S(C)(=O)=O)ccc2NCCC(F)(F)F)CC(C)O1. The molecule has 160 valence electrons. The normalized spacial score (nSPS) is 22.2. The van der Waals surface area contributed by atoms with Gasteiger partial charge in [0.15, 0.2) is 9.84 Å². The second kappa shape index (κ2) is 8.17. The van der Waals surface area contributed by atoms with E-state index < -0.39 is 39.0 Å². The Labute approximate surface area is 162 Å². The second-order valence-electron chi connectivity index (χ2n) is 6.80. The van der Waals surface area contributed by atoms with E-state index in [0.717, 1.165) is 22.7 Å². The smallest absolute Gasteiger partial charge is 0.384 e. The zero-order chi connectivity index (χ0) is 21.3. The maximum Gasteiger partial charge on any atom is 0.390 e. The Morgan fingerprint density at radius 3 is 2.21 bits per heavy atom. The lowest BCUT2D eigenvalue weighted by Gasteiger charge is -2.34. The first-order chi connectivity index (χ1) is 12.7. The van der Waals surface area contributed by atoms with Crippen molar-refractivity contribution in [3.05, 3.63) is 18.2 Å². The van der Waals surface area contributed by atoms with Crippen LogP contribution in [0.25, 0.3) is 0 Å². The number of sulfone groups is 1. The molecule has 2 unspecified atom stereocenters. The number of anilines is 1. The number of alkyl halides is 3. The predicted octanol–water partition coefficient (Wildman–Crippen LogP) is 2.25. The predicted molar refractivity (Wildman–Crippen MR) is 97.5 cm³/mol. The quantitative estimate of drug-likeness (QED) is 0.724. The lowest BCUT2D eigenvalue weighted by molar-refractivity contribution is -0.131. The van der Waals surface area contributed by atoms with Crippen molar-refractivity contribution in [1.29, 1.82) is 0 Å².